The molecule has 0 saturated heterocycles. The molecule has 5 nitrogen and oxygen atoms in total. The van der Waals surface area contributed by atoms with Gasteiger partial charge in [-0.3, -0.25) is 0 Å². The molecular formula is C18H27N3O2. The molecule has 3 N–H and O–H groups in total. The second-order valence-electron chi connectivity index (χ2n) is 6.89. The van der Waals surface area contributed by atoms with Crippen molar-refractivity contribution in [1.29, 1.82) is 0 Å². The highest BCUT2D eigenvalue weighted by Gasteiger charge is 2.24. The van der Waals surface area contributed by atoms with Crippen LogP contribution in [-0.2, 0) is 0 Å². The standard InChI is InChI=1S/C18H27N3O2/c1-21-9-8-14(16-4-2-3-5-17(16)21)12-20-18(23)19-11-13-6-7-15(22)10-13/h2-5,13-15,22H,6-12H2,1H3,(H2,19,20,23)/t13-,14+,15+/m0/s1. The van der Waals surface area contributed by atoms with Gasteiger partial charge in [0.15, 0.2) is 0 Å². The Morgan fingerprint density at radius 2 is 2.00 bits per heavy atom. The number of nitrogens with zero attached hydrogens (tertiary/aromatic N) is 1. The molecule has 0 spiro atoms. The number of hydrogen-bond acceptors (Lipinski definition) is 3. The van der Waals surface area contributed by atoms with E-state index in [0.29, 0.717) is 24.9 Å². The van der Waals surface area contributed by atoms with Crippen molar-refractivity contribution in [3.05, 3.63) is 29.8 Å². The van der Waals surface area contributed by atoms with Crippen molar-refractivity contribution >= 4 is 11.7 Å². The highest BCUT2D eigenvalue weighted by molar-refractivity contribution is 5.74. The number of fused-ring (bicyclic) bond motifs is 1. The van der Waals surface area contributed by atoms with E-state index in [4.69, 9.17) is 0 Å². The van der Waals surface area contributed by atoms with Gasteiger partial charge >= 0.3 is 6.03 Å². The zero-order chi connectivity index (χ0) is 16.2. The van der Waals surface area contributed by atoms with E-state index in [9.17, 15) is 9.90 Å². The predicted molar refractivity (Wildman–Crippen MR) is 91.8 cm³/mol. The van der Waals surface area contributed by atoms with Crippen molar-refractivity contribution in [2.75, 3.05) is 31.6 Å². The van der Waals surface area contributed by atoms with Gasteiger partial charge in [-0.1, -0.05) is 18.2 Å². The van der Waals surface area contributed by atoms with Crippen LogP contribution in [0.1, 0.15) is 37.2 Å². The number of anilines is 1. The fourth-order valence-corrected chi connectivity index (χ4v) is 3.77. The van der Waals surface area contributed by atoms with Crippen LogP contribution in [0.25, 0.3) is 0 Å². The molecule has 126 valence electrons. The lowest BCUT2D eigenvalue weighted by atomic mass is 9.90. The molecule has 2 aliphatic rings. The lowest BCUT2D eigenvalue weighted by molar-refractivity contribution is 0.177. The molecule has 3 atom stereocenters. The number of amides is 2. The van der Waals surface area contributed by atoms with Crippen molar-refractivity contribution in [2.24, 2.45) is 5.92 Å². The zero-order valence-electron chi connectivity index (χ0n) is 13.8. The van der Waals surface area contributed by atoms with Crippen molar-refractivity contribution < 1.29 is 9.90 Å². The van der Waals surface area contributed by atoms with Gasteiger partial charge in [0.25, 0.3) is 0 Å². The third-order valence-electron chi connectivity index (χ3n) is 5.17. The number of carbonyl (C=O) groups is 1. The van der Waals surface area contributed by atoms with Gasteiger partial charge in [-0.2, -0.15) is 0 Å². The van der Waals surface area contributed by atoms with Crippen LogP contribution in [0.2, 0.25) is 0 Å². The highest BCUT2D eigenvalue weighted by atomic mass is 16.3. The summed E-state index contributed by atoms with van der Waals surface area (Å²) in [6.07, 6.45) is 3.55. The maximum atomic E-state index is 12.0. The van der Waals surface area contributed by atoms with Gasteiger partial charge in [-0.25, -0.2) is 4.79 Å². The third-order valence-corrected chi connectivity index (χ3v) is 5.17. The van der Waals surface area contributed by atoms with E-state index in [-0.39, 0.29) is 12.1 Å². The van der Waals surface area contributed by atoms with Crippen LogP contribution >= 0.6 is 0 Å². The first kappa shape index (κ1) is 16.1. The molecule has 0 bridgehead atoms. The number of carbonyl (C=O) groups excluding carboxylic acids is 1. The van der Waals surface area contributed by atoms with Crippen molar-refractivity contribution in [1.82, 2.24) is 10.6 Å². The van der Waals surface area contributed by atoms with Gasteiger partial charge in [0.2, 0.25) is 0 Å². The first-order valence-corrected chi connectivity index (χ1v) is 8.63. The minimum Gasteiger partial charge on any atom is -0.393 e. The number of aliphatic hydroxyl groups is 1. The Hall–Kier alpha value is -1.75. The SMILES string of the molecule is CN1CC[C@H](CNC(=O)NC[C@H]2CC[C@@H](O)C2)c2ccccc21. The molecule has 1 fully saturated rings. The normalized spacial score (nSPS) is 26.7. The molecule has 0 radical (unpaired) electrons. The van der Waals surface area contributed by atoms with Crippen molar-refractivity contribution in [3.8, 4) is 0 Å². The molecule has 1 aliphatic heterocycles. The van der Waals surface area contributed by atoms with Crippen LogP contribution in [0, 0.1) is 5.92 Å². The number of nitrogens with one attached hydrogen (secondary N) is 2. The van der Waals surface area contributed by atoms with Gasteiger partial charge in [0.1, 0.15) is 0 Å². The zero-order valence-corrected chi connectivity index (χ0v) is 13.8. The van der Waals surface area contributed by atoms with E-state index in [1.165, 1.54) is 11.3 Å². The summed E-state index contributed by atoms with van der Waals surface area (Å²) in [4.78, 5) is 14.3. The monoisotopic (exact) mass is 317 g/mol. The molecule has 3 rings (SSSR count). The van der Waals surface area contributed by atoms with Gasteiger partial charge in [0.05, 0.1) is 6.10 Å². The molecule has 1 saturated carbocycles. The second-order valence-corrected chi connectivity index (χ2v) is 6.89. The van der Waals surface area contributed by atoms with E-state index in [1.54, 1.807) is 0 Å². The Morgan fingerprint density at radius 3 is 2.78 bits per heavy atom. The summed E-state index contributed by atoms with van der Waals surface area (Å²) in [5, 5.41) is 15.5. The average Bonchev–Trinajstić information content (AvgIpc) is 2.98. The summed E-state index contributed by atoms with van der Waals surface area (Å²) in [6, 6.07) is 8.34. The first-order chi connectivity index (χ1) is 11.1. The molecule has 1 aromatic carbocycles. The third kappa shape index (κ3) is 3.96. The van der Waals surface area contributed by atoms with E-state index in [0.717, 1.165) is 32.2 Å². The lowest BCUT2D eigenvalue weighted by Crippen LogP contribution is -2.41. The Bertz CT molecular complexity index is 549. The smallest absolute Gasteiger partial charge is 0.314 e. The van der Waals surface area contributed by atoms with Crippen LogP contribution in [0.4, 0.5) is 10.5 Å². The number of benzene rings is 1. The summed E-state index contributed by atoms with van der Waals surface area (Å²) in [5.74, 6) is 0.793. The van der Waals surface area contributed by atoms with Gasteiger partial charge in [-0.05, 0) is 43.2 Å². The van der Waals surface area contributed by atoms with Crippen molar-refractivity contribution in [2.45, 2.75) is 37.7 Å². The molecule has 0 unspecified atom stereocenters. The molecule has 5 heteroatoms. The van der Waals surface area contributed by atoms with Crippen LogP contribution in [0.15, 0.2) is 24.3 Å². The molecule has 1 heterocycles. The number of urea groups is 1. The molecule has 23 heavy (non-hydrogen) atoms. The topological polar surface area (TPSA) is 64.6 Å². The number of para-hydroxylation sites is 1. The fourth-order valence-electron chi connectivity index (χ4n) is 3.77. The quantitative estimate of drug-likeness (QED) is 0.796. The van der Waals surface area contributed by atoms with Crippen LogP contribution in [-0.4, -0.2) is 43.9 Å². The molecule has 1 aromatic rings. The molecular weight excluding hydrogens is 290 g/mol. The number of aliphatic hydroxyl groups excluding tert-OH is 1. The molecule has 2 amide bonds. The number of hydrogen-bond donors (Lipinski definition) is 3. The Kier molecular flexibility index (Phi) is 5.06. The van der Waals surface area contributed by atoms with Crippen molar-refractivity contribution in [3.63, 3.8) is 0 Å². The first-order valence-electron chi connectivity index (χ1n) is 8.63. The van der Waals surface area contributed by atoms with Crippen LogP contribution in [0.5, 0.6) is 0 Å². The average molecular weight is 317 g/mol. The minimum absolute atomic E-state index is 0.0946. The minimum atomic E-state index is -0.180. The summed E-state index contributed by atoms with van der Waals surface area (Å²) < 4.78 is 0. The summed E-state index contributed by atoms with van der Waals surface area (Å²) in [7, 11) is 2.12. The Labute approximate surface area is 138 Å². The second kappa shape index (κ2) is 7.21. The van der Waals surface area contributed by atoms with E-state index in [1.807, 2.05) is 0 Å². The Morgan fingerprint density at radius 1 is 1.22 bits per heavy atom. The van der Waals surface area contributed by atoms with Crippen LogP contribution < -0.4 is 15.5 Å². The van der Waals surface area contributed by atoms with E-state index in [2.05, 4.69) is 46.8 Å². The van der Waals surface area contributed by atoms with Gasteiger partial charge < -0.3 is 20.6 Å². The lowest BCUT2D eigenvalue weighted by Gasteiger charge is -2.33. The fraction of sp³-hybridized carbons (Fsp3) is 0.611. The predicted octanol–water partition coefficient (Wildman–Crippen LogP) is 2.07. The summed E-state index contributed by atoms with van der Waals surface area (Å²) in [5.41, 5.74) is 2.59. The highest BCUT2D eigenvalue weighted by Crippen LogP contribution is 2.33. The number of rotatable bonds is 4. The van der Waals surface area contributed by atoms with Gasteiger partial charge in [0, 0.05) is 38.3 Å². The van der Waals surface area contributed by atoms with E-state index < -0.39 is 0 Å². The maximum Gasteiger partial charge on any atom is 0.314 e. The largest absolute Gasteiger partial charge is 0.393 e. The molecule has 0 aromatic heterocycles. The molecule has 1 aliphatic carbocycles. The Balaban J connectivity index is 1.47. The van der Waals surface area contributed by atoms with E-state index >= 15 is 0 Å². The summed E-state index contributed by atoms with van der Waals surface area (Å²) in [6.45, 7) is 2.35. The maximum absolute atomic E-state index is 12.0. The summed E-state index contributed by atoms with van der Waals surface area (Å²) >= 11 is 0. The van der Waals surface area contributed by atoms with Gasteiger partial charge in [-0.15, -0.1) is 0 Å². The van der Waals surface area contributed by atoms with Crippen LogP contribution in [0.3, 0.4) is 0 Å².